The maximum atomic E-state index is 12.8. The Kier molecular flexibility index (Phi) is 8.56. The third kappa shape index (κ3) is 6.29. The van der Waals surface area contributed by atoms with Crippen LogP contribution in [0.15, 0.2) is 42.5 Å². The number of rotatable bonds is 9. The van der Waals surface area contributed by atoms with Gasteiger partial charge >= 0.3 is 5.97 Å². The summed E-state index contributed by atoms with van der Waals surface area (Å²) < 4.78 is 0. The molecule has 3 N–H and O–H groups in total. The summed E-state index contributed by atoms with van der Waals surface area (Å²) in [5, 5.41) is 16.1. The SMILES string of the molecule is CC(=O)N1c2ccc(C(=O)NCCCCC(C)C(=O)O)cc2C(Nc2ccc(Cl)cc2)CC1C. The number of halogens is 1. The molecule has 182 valence electrons. The molecule has 3 rings (SSSR count). The number of amides is 2. The van der Waals surface area contributed by atoms with Crippen molar-refractivity contribution in [3.05, 3.63) is 58.6 Å². The summed E-state index contributed by atoms with van der Waals surface area (Å²) in [6, 6.07) is 12.8. The van der Waals surface area contributed by atoms with E-state index < -0.39 is 5.97 Å². The number of benzene rings is 2. The van der Waals surface area contributed by atoms with Crippen LogP contribution < -0.4 is 15.5 Å². The van der Waals surface area contributed by atoms with Gasteiger partial charge in [-0.2, -0.15) is 0 Å². The fraction of sp³-hybridized carbons (Fsp3) is 0.423. The van der Waals surface area contributed by atoms with E-state index in [0.29, 0.717) is 36.4 Å². The zero-order valence-corrected chi connectivity index (χ0v) is 20.6. The second-order valence-corrected chi connectivity index (χ2v) is 9.38. The van der Waals surface area contributed by atoms with Crippen LogP contribution in [-0.4, -0.2) is 35.5 Å². The monoisotopic (exact) mass is 485 g/mol. The van der Waals surface area contributed by atoms with E-state index in [4.69, 9.17) is 16.7 Å². The zero-order valence-electron chi connectivity index (χ0n) is 19.8. The Hall–Kier alpha value is -3.06. The van der Waals surface area contributed by atoms with Crippen LogP contribution in [0.5, 0.6) is 0 Å². The van der Waals surface area contributed by atoms with Gasteiger partial charge in [-0.05, 0) is 74.2 Å². The van der Waals surface area contributed by atoms with Gasteiger partial charge in [0.15, 0.2) is 0 Å². The van der Waals surface area contributed by atoms with Crippen LogP contribution in [-0.2, 0) is 9.59 Å². The Labute approximate surface area is 205 Å². The first kappa shape index (κ1) is 25.6. The third-order valence-electron chi connectivity index (χ3n) is 6.24. The van der Waals surface area contributed by atoms with Crippen molar-refractivity contribution in [3.63, 3.8) is 0 Å². The van der Waals surface area contributed by atoms with Crippen LogP contribution in [0.2, 0.25) is 5.02 Å². The molecular formula is C26H32ClN3O4. The van der Waals surface area contributed by atoms with Crippen molar-refractivity contribution in [2.24, 2.45) is 5.92 Å². The average Bonchev–Trinajstić information content (AvgIpc) is 2.79. The van der Waals surface area contributed by atoms with Crippen LogP contribution in [0.4, 0.5) is 11.4 Å². The van der Waals surface area contributed by atoms with Crippen LogP contribution in [0.25, 0.3) is 0 Å². The van der Waals surface area contributed by atoms with E-state index in [1.807, 2.05) is 43.3 Å². The van der Waals surface area contributed by atoms with Crippen LogP contribution >= 0.6 is 11.6 Å². The summed E-state index contributed by atoms with van der Waals surface area (Å²) >= 11 is 6.02. The molecule has 0 aromatic heterocycles. The zero-order chi connectivity index (χ0) is 24.8. The largest absolute Gasteiger partial charge is 0.481 e. The van der Waals surface area contributed by atoms with Gasteiger partial charge in [0.05, 0.1) is 12.0 Å². The van der Waals surface area contributed by atoms with Crippen molar-refractivity contribution < 1.29 is 19.5 Å². The van der Waals surface area contributed by atoms with E-state index >= 15 is 0 Å². The van der Waals surface area contributed by atoms with Gasteiger partial charge in [-0.15, -0.1) is 0 Å². The third-order valence-corrected chi connectivity index (χ3v) is 6.49. The number of carboxylic acid groups (broad SMARTS) is 1. The molecule has 0 saturated carbocycles. The fourth-order valence-corrected chi connectivity index (χ4v) is 4.50. The van der Waals surface area contributed by atoms with Gasteiger partial charge in [-0.3, -0.25) is 14.4 Å². The van der Waals surface area contributed by atoms with E-state index in [9.17, 15) is 14.4 Å². The molecule has 2 amide bonds. The molecule has 0 radical (unpaired) electrons. The molecule has 2 aromatic rings. The van der Waals surface area contributed by atoms with Crippen molar-refractivity contribution in [3.8, 4) is 0 Å². The molecule has 3 atom stereocenters. The van der Waals surface area contributed by atoms with E-state index in [2.05, 4.69) is 10.6 Å². The van der Waals surface area contributed by atoms with E-state index in [1.165, 1.54) is 0 Å². The summed E-state index contributed by atoms with van der Waals surface area (Å²) in [6.07, 6.45) is 2.73. The van der Waals surface area contributed by atoms with Crippen molar-refractivity contribution in [1.82, 2.24) is 5.32 Å². The maximum Gasteiger partial charge on any atom is 0.306 e. The molecule has 34 heavy (non-hydrogen) atoms. The standard InChI is InChI=1S/C26H32ClN3O4/c1-16(26(33)34)6-4-5-13-28-25(32)19-7-12-24-22(15-19)23(14-17(2)30(24)18(3)31)29-21-10-8-20(27)9-11-21/h7-12,15-17,23,29H,4-6,13-14H2,1-3H3,(H,28,32)(H,33,34). The van der Waals surface area contributed by atoms with E-state index in [0.717, 1.165) is 23.4 Å². The van der Waals surface area contributed by atoms with Gasteiger partial charge in [0.25, 0.3) is 5.91 Å². The highest BCUT2D eigenvalue weighted by Gasteiger charge is 2.33. The Bertz CT molecular complexity index is 1040. The van der Waals surface area contributed by atoms with Crippen molar-refractivity contribution in [1.29, 1.82) is 0 Å². The molecule has 0 fully saturated rings. The van der Waals surface area contributed by atoms with Crippen molar-refractivity contribution in [2.45, 2.75) is 58.5 Å². The minimum absolute atomic E-state index is 0.00247. The lowest BCUT2D eigenvalue weighted by atomic mass is 9.90. The number of carbonyl (C=O) groups is 3. The van der Waals surface area contributed by atoms with Crippen molar-refractivity contribution in [2.75, 3.05) is 16.8 Å². The van der Waals surface area contributed by atoms with Gasteiger partial charge < -0.3 is 20.6 Å². The van der Waals surface area contributed by atoms with Crippen molar-refractivity contribution >= 4 is 40.8 Å². The Morgan fingerprint density at radius 3 is 2.50 bits per heavy atom. The van der Waals surface area contributed by atoms with Gasteiger partial charge in [0.2, 0.25) is 5.91 Å². The molecule has 2 aromatic carbocycles. The predicted molar refractivity (Wildman–Crippen MR) is 134 cm³/mol. The minimum Gasteiger partial charge on any atom is -0.481 e. The molecule has 0 saturated heterocycles. The number of unbranched alkanes of at least 4 members (excludes halogenated alkanes) is 1. The smallest absolute Gasteiger partial charge is 0.306 e. The normalized spacial score (nSPS) is 18.1. The maximum absolute atomic E-state index is 12.8. The van der Waals surface area contributed by atoms with Gasteiger partial charge in [-0.25, -0.2) is 0 Å². The fourth-order valence-electron chi connectivity index (χ4n) is 4.37. The Balaban J connectivity index is 1.74. The first-order valence-corrected chi connectivity index (χ1v) is 12.0. The molecule has 1 aliphatic rings. The number of nitrogens with one attached hydrogen (secondary N) is 2. The summed E-state index contributed by atoms with van der Waals surface area (Å²) in [4.78, 5) is 37.8. The number of hydrogen-bond donors (Lipinski definition) is 3. The Morgan fingerprint density at radius 1 is 1.15 bits per heavy atom. The molecule has 8 heteroatoms. The number of nitrogens with zero attached hydrogens (tertiary/aromatic N) is 1. The average molecular weight is 486 g/mol. The summed E-state index contributed by atoms with van der Waals surface area (Å²) in [7, 11) is 0. The number of anilines is 2. The lowest BCUT2D eigenvalue weighted by Gasteiger charge is -2.39. The first-order chi connectivity index (χ1) is 16.2. The number of aliphatic carboxylic acids is 1. The summed E-state index contributed by atoms with van der Waals surface area (Å²) in [5.74, 6) is -1.40. The molecular weight excluding hydrogens is 454 g/mol. The highest BCUT2D eigenvalue weighted by atomic mass is 35.5. The van der Waals surface area contributed by atoms with Gasteiger partial charge in [0.1, 0.15) is 0 Å². The second-order valence-electron chi connectivity index (χ2n) is 8.94. The van der Waals surface area contributed by atoms with Gasteiger partial charge in [0, 0.05) is 41.5 Å². The quantitative estimate of drug-likeness (QED) is 0.421. The topological polar surface area (TPSA) is 98.7 Å². The molecule has 0 spiro atoms. The molecule has 1 heterocycles. The number of hydrogen-bond acceptors (Lipinski definition) is 4. The summed E-state index contributed by atoms with van der Waals surface area (Å²) in [5.41, 5.74) is 3.14. The minimum atomic E-state index is -0.797. The van der Waals surface area contributed by atoms with E-state index in [1.54, 1.807) is 24.8 Å². The molecule has 7 nitrogen and oxygen atoms in total. The highest BCUT2D eigenvalue weighted by Crippen LogP contribution is 2.39. The molecule has 0 aliphatic carbocycles. The first-order valence-electron chi connectivity index (χ1n) is 11.6. The molecule has 0 bridgehead atoms. The summed E-state index contributed by atoms with van der Waals surface area (Å²) in [6.45, 7) is 5.74. The van der Waals surface area contributed by atoms with Crippen LogP contribution in [0.1, 0.15) is 68.4 Å². The Morgan fingerprint density at radius 2 is 1.85 bits per heavy atom. The predicted octanol–water partition coefficient (Wildman–Crippen LogP) is 5.26. The number of fused-ring (bicyclic) bond motifs is 1. The highest BCUT2D eigenvalue weighted by molar-refractivity contribution is 6.30. The lowest BCUT2D eigenvalue weighted by Crippen LogP contribution is -2.43. The second kappa shape index (κ2) is 11.4. The molecule has 1 aliphatic heterocycles. The lowest BCUT2D eigenvalue weighted by molar-refractivity contribution is -0.141. The van der Waals surface area contributed by atoms with Crippen LogP contribution in [0.3, 0.4) is 0 Å². The number of carbonyl (C=O) groups excluding carboxylic acids is 2. The number of carboxylic acids is 1. The van der Waals surface area contributed by atoms with Crippen LogP contribution in [0, 0.1) is 5.92 Å². The van der Waals surface area contributed by atoms with E-state index in [-0.39, 0.29) is 29.8 Å². The molecule has 3 unspecified atom stereocenters. The van der Waals surface area contributed by atoms with Gasteiger partial charge in [-0.1, -0.05) is 24.9 Å².